The molecule has 0 aliphatic rings. The Kier molecular flexibility index (Phi) is 13.0. The Morgan fingerprint density at radius 1 is 0.500 bits per heavy atom. The summed E-state index contributed by atoms with van der Waals surface area (Å²) in [6.07, 6.45) is 18.8. The molecule has 0 amide bonds. The Morgan fingerprint density at radius 3 is 1.75 bits per heavy atom. The van der Waals surface area contributed by atoms with Gasteiger partial charge in [-0.25, -0.2) is 15.0 Å². The third-order valence-corrected chi connectivity index (χ3v) is 12.9. The highest BCUT2D eigenvalue weighted by atomic mass is 32.1. The largest absolute Gasteiger partial charge is 0.309 e. The van der Waals surface area contributed by atoms with Crippen molar-refractivity contribution in [3.8, 4) is 56.2 Å². The highest BCUT2D eigenvalue weighted by Gasteiger charge is 2.25. The van der Waals surface area contributed by atoms with E-state index in [-0.39, 0.29) is 0 Å². The van der Waals surface area contributed by atoms with Crippen molar-refractivity contribution in [1.29, 1.82) is 0 Å². The number of fused-ring (bicyclic) bond motifs is 3. The van der Waals surface area contributed by atoms with E-state index in [0.29, 0.717) is 23.9 Å². The fraction of sp³-hybridized carbons (Fsp3) is 0.0317. The van der Waals surface area contributed by atoms with Crippen LogP contribution in [0.4, 0.5) is 17.1 Å². The molecule has 326 valence electrons. The minimum Gasteiger partial charge on any atom is -0.309 e. The number of hydrogen-bond acceptors (Lipinski definition) is 5. The van der Waals surface area contributed by atoms with Gasteiger partial charge in [-0.1, -0.05) is 195 Å². The second-order valence-corrected chi connectivity index (χ2v) is 17.4. The van der Waals surface area contributed by atoms with Crippen LogP contribution in [0.1, 0.15) is 18.3 Å². The molecular formula is C63H48N4S. The Bertz CT molecular complexity index is 3440. The molecule has 0 radical (unpaired) electrons. The first-order valence-corrected chi connectivity index (χ1v) is 23.7. The lowest BCUT2D eigenvalue weighted by Crippen LogP contribution is -2.13. The first-order valence-electron chi connectivity index (χ1n) is 22.9. The van der Waals surface area contributed by atoms with Crippen LogP contribution < -0.4 is 4.90 Å². The standard InChI is InChI=1S/C63H48N4S/c1-3-5-7-13-32-48-40-52(63-65-59(39-22-8-6-4-2)64-62(66-63)51-42-49(45-26-14-9-15-27-45)41-50(43-51)46-28-16-10-17-29-46)44-55(47-30-18-11-19-31-47)61(48)67(53-33-20-12-21-34-53)56-36-25-38-58-60(56)54-35-23-24-37-57(54)68-58/h3-38,40-44H,1,39H2,2H3/b6-4-,7-5-,22-8-,32-13+. The predicted molar refractivity (Wildman–Crippen MR) is 291 cm³/mol. The number of aromatic nitrogens is 3. The number of rotatable bonds is 14. The number of nitrogens with zero attached hydrogens (tertiary/aromatic N) is 4. The van der Waals surface area contributed by atoms with Crippen molar-refractivity contribution in [2.45, 2.75) is 13.3 Å². The van der Waals surface area contributed by atoms with Gasteiger partial charge in [0.2, 0.25) is 0 Å². The van der Waals surface area contributed by atoms with Gasteiger partial charge in [-0.15, -0.1) is 11.3 Å². The minimum atomic E-state index is 0.528. The molecular weight excluding hydrogens is 845 g/mol. The van der Waals surface area contributed by atoms with Crippen molar-refractivity contribution in [2.24, 2.45) is 0 Å². The molecule has 0 saturated carbocycles. The van der Waals surface area contributed by atoms with Crippen LogP contribution in [0.25, 0.3) is 82.4 Å². The Labute approximate surface area is 402 Å². The van der Waals surface area contributed by atoms with Crippen molar-refractivity contribution in [3.63, 3.8) is 0 Å². The maximum absolute atomic E-state index is 5.41. The van der Waals surface area contributed by atoms with Gasteiger partial charge in [-0.3, -0.25) is 0 Å². The minimum absolute atomic E-state index is 0.528. The van der Waals surface area contributed by atoms with Crippen molar-refractivity contribution in [1.82, 2.24) is 15.0 Å². The maximum Gasteiger partial charge on any atom is 0.163 e. The van der Waals surface area contributed by atoms with Gasteiger partial charge in [0, 0.05) is 49.0 Å². The summed E-state index contributed by atoms with van der Waals surface area (Å²) >= 11 is 1.83. The van der Waals surface area contributed by atoms with Gasteiger partial charge in [0.25, 0.3) is 0 Å². The van der Waals surface area contributed by atoms with Crippen molar-refractivity contribution < 1.29 is 0 Å². The van der Waals surface area contributed by atoms with E-state index in [1.54, 1.807) is 6.08 Å². The highest BCUT2D eigenvalue weighted by Crippen LogP contribution is 2.49. The molecule has 4 nitrogen and oxygen atoms in total. The van der Waals surface area contributed by atoms with Crippen LogP contribution in [0.15, 0.2) is 249 Å². The van der Waals surface area contributed by atoms with Gasteiger partial charge in [0.05, 0.1) is 11.4 Å². The summed E-state index contributed by atoms with van der Waals surface area (Å²) in [6, 6.07) is 68.9. The Morgan fingerprint density at radius 2 is 1.09 bits per heavy atom. The molecule has 0 spiro atoms. The van der Waals surface area contributed by atoms with E-state index in [4.69, 9.17) is 15.0 Å². The van der Waals surface area contributed by atoms with Gasteiger partial charge >= 0.3 is 0 Å². The Hall–Kier alpha value is -8.51. The van der Waals surface area contributed by atoms with Gasteiger partial charge in [-0.2, -0.15) is 0 Å². The quantitative estimate of drug-likeness (QED) is 0.102. The summed E-state index contributed by atoms with van der Waals surface area (Å²) in [5, 5.41) is 2.44. The summed E-state index contributed by atoms with van der Waals surface area (Å²) in [7, 11) is 0. The number of benzene rings is 8. The molecule has 0 aliphatic heterocycles. The zero-order valence-electron chi connectivity index (χ0n) is 37.8. The molecule has 10 rings (SSSR count). The molecule has 0 atom stereocenters. The second-order valence-electron chi connectivity index (χ2n) is 16.3. The third-order valence-electron chi connectivity index (χ3n) is 11.8. The smallest absolute Gasteiger partial charge is 0.163 e. The van der Waals surface area contributed by atoms with Crippen molar-refractivity contribution in [3.05, 3.63) is 261 Å². The lowest BCUT2D eigenvalue weighted by atomic mass is 9.94. The van der Waals surface area contributed by atoms with Crippen LogP contribution in [-0.4, -0.2) is 15.0 Å². The average Bonchev–Trinajstić information content (AvgIpc) is 3.79. The fourth-order valence-corrected chi connectivity index (χ4v) is 9.82. The fourth-order valence-electron chi connectivity index (χ4n) is 8.69. The molecule has 0 bridgehead atoms. The molecule has 0 saturated heterocycles. The molecule has 0 aliphatic carbocycles. The lowest BCUT2D eigenvalue weighted by molar-refractivity contribution is 0.947. The van der Waals surface area contributed by atoms with E-state index in [2.05, 4.69) is 224 Å². The number of anilines is 3. The molecule has 5 heteroatoms. The van der Waals surface area contributed by atoms with Crippen molar-refractivity contribution >= 4 is 54.6 Å². The second kappa shape index (κ2) is 20.3. The normalized spacial score (nSPS) is 11.8. The van der Waals surface area contributed by atoms with Crippen LogP contribution in [-0.2, 0) is 6.42 Å². The first kappa shape index (κ1) is 43.4. The molecule has 0 N–H and O–H groups in total. The van der Waals surface area contributed by atoms with Crippen molar-refractivity contribution in [2.75, 3.05) is 4.90 Å². The van der Waals surface area contributed by atoms with E-state index < -0.39 is 0 Å². The monoisotopic (exact) mass is 892 g/mol. The zero-order chi connectivity index (χ0) is 46.1. The summed E-state index contributed by atoms with van der Waals surface area (Å²) in [6.45, 7) is 5.96. The van der Waals surface area contributed by atoms with Crippen LogP contribution in [0.5, 0.6) is 0 Å². The molecule has 0 fully saturated rings. The highest BCUT2D eigenvalue weighted by molar-refractivity contribution is 7.26. The van der Waals surface area contributed by atoms with Gasteiger partial charge in [-0.05, 0) is 101 Å². The number of hydrogen-bond donors (Lipinski definition) is 0. The summed E-state index contributed by atoms with van der Waals surface area (Å²) in [4.78, 5) is 18.3. The maximum atomic E-state index is 5.41. The van der Waals surface area contributed by atoms with Crippen LogP contribution in [0, 0.1) is 0 Å². The van der Waals surface area contributed by atoms with E-state index in [1.807, 2.05) is 48.6 Å². The van der Waals surface area contributed by atoms with Gasteiger partial charge in [0.15, 0.2) is 11.6 Å². The van der Waals surface area contributed by atoms with E-state index >= 15 is 0 Å². The SMILES string of the molecule is C=C/C=C\C=C\c1cc(-c2nc(C/C=C\C=C/C)nc(-c3cc(-c4ccccc4)cc(-c4ccccc4)c3)n2)cc(-c2ccccc2)c1N(c1ccccc1)c1cccc2sc3ccccc3c12. The van der Waals surface area contributed by atoms with Gasteiger partial charge in [0.1, 0.15) is 5.82 Å². The summed E-state index contributed by atoms with van der Waals surface area (Å²) in [5.74, 6) is 1.88. The van der Waals surface area contributed by atoms with Crippen LogP contribution in [0.3, 0.4) is 0 Å². The third kappa shape index (κ3) is 9.29. The Balaban J connectivity index is 1.25. The average molecular weight is 893 g/mol. The van der Waals surface area contributed by atoms with Crippen LogP contribution >= 0.6 is 11.3 Å². The summed E-state index contributed by atoms with van der Waals surface area (Å²) in [5.41, 5.74) is 12.5. The molecule has 0 unspecified atom stereocenters. The lowest BCUT2D eigenvalue weighted by Gasteiger charge is -2.31. The van der Waals surface area contributed by atoms with E-state index in [1.165, 1.54) is 20.2 Å². The number of thiophene rings is 1. The summed E-state index contributed by atoms with van der Waals surface area (Å²) < 4.78 is 2.48. The van der Waals surface area contributed by atoms with E-state index in [9.17, 15) is 0 Å². The van der Waals surface area contributed by atoms with Gasteiger partial charge < -0.3 is 4.90 Å². The molecule has 2 aromatic heterocycles. The van der Waals surface area contributed by atoms with Crippen LogP contribution in [0.2, 0.25) is 0 Å². The topological polar surface area (TPSA) is 41.9 Å². The predicted octanol–water partition coefficient (Wildman–Crippen LogP) is 17.5. The molecule has 8 aromatic carbocycles. The zero-order valence-corrected chi connectivity index (χ0v) is 38.6. The number of para-hydroxylation sites is 1. The molecule has 68 heavy (non-hydrogen) atoms. The molecule has 2 heterocycles. The van der Waals surface area contributed by atoms with E-state index in [0.717, 1.165) is 67.1 Å². The molecule has 10 aromatic rings. The number of allylic oxidation sites excluding steroid dienone is 8. The first-order chi connectivity index (χ1) is 33.6.